The van der Waals surface area contributed by atoms with Crippen LogP contribution in [0.2, 0.25) is 0 Å². The molecule has 0 spiro atoms. The summed E-state index contributed by atoms with van der Waals surface area (Å²) in [5.41, 5.74) is -0.984. The topological polar surface area (TPSA) is 68.9 Å². The molecule has 6 nitrogen and oxygen atoms in total. The van der Waals surface area contributed by atoms with Crippen LogP contribution in [0.15, 0.2) is 47.4 Å². The fourth-order valence-electron chi connectivity index (χ4n) is 2.86. The van der Waals surface area contributed by atoms with E-state index >= 15 is 0 Å². The molecule has 0 saturated carbocycles. The molecule has 10 heteroatoms. The summed E-state index contributed by atoms with van der Waals surface area (Å²) in [4.78, 5) is 24.0. The first-order chi connectivity index (χ1) is 13.6. The van der Waals surface area contributed by atoms with Gasteiger partial charge < -0.3 is 9.88 Å². The summed E-state index contributed by atoms with van der Waals surface area (Å²) in [5, 5.41) is 6.55. The average molecular weight is 408 g/mol. The second-order valence-electron chi connectivity index (χ2n) is 6.41. The third-order valence-corrected chi connectivity index (χ3v) is 4.11. The Labute approximate surface area is 162 Å². The van der Waals surface area contributed by atoms with Crippen LogP contribution in [0.5, 0.6) is 0 Å². The average Bonchev–Trinajstić information content (AvgIpc) is 2.94. The number of aromatic nitrogens is 3. The second-order valence-corrected chi connectivity index (χ2v) is 6.41. The molecule has 0 radical (unpaired) electrons. The molecule has 1 N–H and O–H groups in total. The molecule has 3 aromatic rings. The lowest BCUT2D eigenvalue weighted by molar-refractivity contribution is -0.139. The molecule has 0 bridgehead atoms. The fraction of sp³-hybridized carbons (Fsp3) is 0.211. The summed E-state index contributed by atoms with van der Waals surface area (Å²) in [7, 11) is 0. The van der Waals surface area contributed by atoms with E-state index in [1.165, 1.54) is 16.8 Å². The maximum absolute atomic E-state index is 14.5. The molecule has 0 unspecified atom stereocenters. The Morgan fingerprint density at radius 3 is 2.48 bits per heavy atom. The van der Waals surface area contributed by atoms with Crippen LogP contribution < -0.4 is 10.9 Å². The van der Waals surface area contributed by atoms with E-state index < -0.39 is 35.6 Å². The Hall–Kier alpha value is -3.43. The van der Waals surface area contributed by atoms with E-state index in [0.717, 1.165) is 24.0 Å². The van der Waals surface area contributed by atoms with Crippen molar-refractivity contribution < 1.29 is 22.4 Å². The smallest absolute Gasteiger partial charge is 0.324 e. The zero-order valence-electron chi connectivity index (χ0n) is 15.4. The Morgan fingerprint density at radius 2 is 1.90 bits per heavy atom. The van der Waals surface area contributed by atoms with Gasteiger partial charge in [0.15, 0.2) is 5.82 Å². The number of rotatable bonds is 4. The number of nitrogens with one attached hydrogen (secondary N) is 1. The van der Waals surface area contributed by atoms with Crippen LogP contribution >= 0.6 is 0 Å². The third kappa shape index (κ3) is 4.36. The summed E-state index contributed by atoms with van der Waals surface area (Å²) in [6.45, 7) is 2.89. The van der Waals surface area contributed by atoms with Crippen LogP contribution in [0, 0.1) is 19.7 Å². The second kappa shape index (κ2) is 7.53. The molecule has 2 heterocycles. The van der Waals surface area contributed by atoms with Gasteiger partial charge in [-0.25, -0.2) is 9.07 Å². The van der Waals surface area contributed by atoms with Crippen LogP contribution in [-0.4, -0.2) is 20.3 Å². The van der Waals surface area contributed by atoms with E-state index in [2.05, 4.69) is 10.4 Å². The number of hydrogen-bond donors (Lipinski definition) is 1. The number of carbonyl (C=O) groups is 1. The highest BCUT2D eigenvalue weighted by Gasteiger charge is 2.34. The Morgan fingerprint density at radius 1 is 1.17 bits per heavy atom. The van der Waals surface area contributed by atoms with E-state index in [1.807, 2.05) is 0 Å². The first kappa shape index (κ1) is 20.3. The van der Waals surface area contributed by atoms with Crippen LogP contribution in [0.1, 0.15) is 17.0 Å². The quantitative estimate of drug-likeness (QED) is 0.673. The summed E-state index contributed by atoms with van der Waals surface area (Å²) >= 11 is 0. The molecular weight excluding hydrogens is 392 g/mol. The lowest BCUT2D eigenvalue weighted by atomic mass is 10.2. The molecule has 29 heavy (non-hydrogen) atoms. The summed E-state index contributed by atoms with van der Waals surface area (Å²) < 4.78 is 54.9. The Kier molecular flexibility index (Phi) is 5.27. The number of pyridine rings is 1. The molecule has 1 amide bonds. The summed E-state index contributed by atoms with van der Waals surface area (Å²) in [5.74, 6) is -1.42. The van der Waals surface area contributed by atoms with E-state index in [4.69, 9.17) is 0 Å². The van der Waals surface area contributed by atoms with Gasteiger partial charge in [-0.1, -0.05) is 0 Å². The van der Waals surface area contributed by atoms with Crippen molar-refractivity contribution in [2.45, 2.75) is 26.6 Å². The lowest BCUT2D eigenvalue weighted by Gasteiger charge is -2.12. The van der Waals surface area contributed by atoms with Gasteiger partial charge in [-0.2, -0.15) is 18.3 Å². The standard InChI is InChI=1S/C19H16F4N4O2/c1-11-8-12(2)27(25-11)16-6-5-13(9-15(16)20)24-17(28)10-26-7-3-4-14(18(26)29)19(21,22)23/h3-9H,10H2,1-2H3,(H,24,28). The van der Waals surface area contributed by atoms with Crippen molar-refractivity contribution >= 4 is 11.6 Å². The lowest BCUT2D eigenvalue weighted by Crippen LogP contribution is -2.31. The van der Waals surface area contributed by atoms with Gasteiger partial charge in [0.2, 0.25) is 5.91 Å². The van der Waals surface area contributed by atoms with Gasteiger partial charge >= 0.3 is 6.18 Å². The van der Waals surface area contributed by atoms with Crippen molar-refractivity contribution in [3.63, 3.8) is 0 Å². The highest BCUT2D eigenvalue weighted by molar-refractivity contribution is 5.90. The van der Waals surface area contributed by atoms with Gasteiger partial charge in [0.25, 0.3) is 5.56 Å². The molecule has 0 fully saturated rings. The van der Waals surface area contributed by atoms with Gasteiger partial charge in [0.1, 0.15) is 17.8 Å². The summed E-state index contributed by atoms with van der Waals surface area (Å²) in [6, 6.07) is 7.37. The molecule has 0 aliphatic rings. The van der Waals surface area contributed by atoms with E-state index in [1.54, 1.807) is 19.9 Å². The first-order valence-corrected chi connectivity index (χ1v) is 8.46. The van der Waals surface area contributed by atoms with Crippen molar-refractivity contribution in [3.05, 3.63) is 75.7 Å². The Bertz CT molecular complexity index is 1130. The molecule has 0 aliphatic heterocycles. The number of benzene rings is 1. The van der Waals surface area contributed by atoms with Crippen molar-refractivity contribution in [1.29, 1.82) is 0 Å². The number of carbonyl (C=O) groups excluding carboxylic acids is 1. The normalized spacial score (nSPS) is 11.5. The van der Waals surface area contributed by atoms with Gasteiger partial charge in [-0.3, -0.25) is 9.59 Å². The molecule has 0 aliphatic carbocycles. The highest BCUT2D eigenvalue weighted by atomic mass is 19.4. The van der Waals surface area contributed by atoms with Gasteiger partial charge in [0, 0.05) is 17.6 Å². The van der Waals surface area contributed by atoms with E-state index in [9.17, 15) is 27.2 Å². The number of aryl methyl sites for hydroxylation is 2. The largest absolute Gasteiger partial charge is 0.421 e. The zero-order chi connectivity index (χ0) is 21.3. The van der Waals surface area contributed by atoms with Gasteiger partial charge in [-0.05, 0) is 50.2 Å². The molecule has 2 aromatic heterocycles. The number of nitrogens with zero attached hydrogens (tertiary/aromatic N) is 3. The molecule has 0 atom stereocenters. The van der Waals surface area contributed by atoms with Crippen molar-refractivity contribution in [1.82, 2.24) is 14.3 Å². The minimum Gasteiger partial charge on any atom is -0.324 e. The fourth-order valence-corrected chi connectivity index (χ4v) is 2.86. The molecular formula is C19H16F4N4O2. The number of alkyl halides is 3. The predicted octanol–water partition coefficient (Wildman–Crippen LogP) is 3.45. The Balaban J connectivity index is 1.78. The zero-order valence-corrected chi connectivity index (χ0v) is 15.4. The van der Waals surface area contributed by atoms with E-state index in [-0.39, 0.29) is 11.4 Å². The monoisotopic (exact) mass is 408 g/mol. The number of hydrogen-bond acceptors (Lipinski definition) is 3. The van der Waals surface area contributed by atoms with E-state index in [0.29, 0.717) is 16.3 Å². The SMILES string of the molecule is Cc1cc(C)n(-c2ccc(NC(=O)Cn3cccc(C(F)(F)F)c3=O)cc2F)n1. The van der Waals surface area contributed by atoms with Crippen molar-refractivity contribution in [2.24, 2.45) is 0 Å². The maximum atomic E-state index is 14.5. The molecule has 3 rings (SSSR count). The summed E-state index contributed by atoms with van der Waals surface area (Å²) in [6.07, 6.45) is -3.75. The molecule has 152 valence electrons. The first-order valence-electron chi connectivity index (χ1n) is 8.46. The van der Waals surface area contributed by atoms with Gasteiger partial charge in [0.05, 0.1) is 5.69 Å². The van der Waals surface area contributed by atoms with Crippen LogP contribution in [0.3, 0.4) is 0 Å². The van der Waals surface area contributed by atoms with Gasteiger partial charge in [-0.15, -0.1) is 0 Å². The number of amides is 1. The van der Waals surface area contributed by atoms with Crippen LogP contribution in [0.4, 0.5) is 23.2 Å². The van der Waals surface area contributed by atoms with Crippen molar-refractivity contribution in [2.75, 3.05) is 5.32 Å². The predicted molar refractivity (Wildman–Crippen MR) is 97.3 cm³/mol. The van der Waals surface area contributed by atoms with Crippen LogP contribution in [-0.2, 0) is 17.5 Å². The highest BCUT2D eigenvalue weighted by Crippen LogP contribution is 2.26. The third-order valence-electron chi connectivity index (χ3n) is 4.11. The minimum absolute atomic E-state index is 0.0952. The number of anilines is 1. The number of halogens is 4. The molecule has 0 saturated heterocycles. The van der Waals surface area contributed by atoms with Crippen molar-refractivity contribution in [3.8, 4) is 5.69 Å². The molecule has 1 aromatic carbocycles. The minimum atomic E-state index is -4.82. The van der Waals surface area contributed by atoms with Crippen LogP contribution in [0.25, 0.3) is 5.69 Å². The maximum Gasteiger partial charge on any atom is 0.421 e.